The van der Waals surface area contributed by atoms with Crippen LogP contribution in [0.5, 0.6) is 0 Å². The minimum atomic E-state index is -1.21. The van der Waals surface area contributed by atoms with Crippen LogP contribution in [0.1, 0.15) is 34.6 Å². The van der Waals surface area contributed by atoms with Crippen LogP contribution >= 0.6 is 0 Å². The SMILES string of the molecule is CCOC(=O)O.CC[N+](CC)(CC)CC. The molecule has 0 aliphatic heterocycles. The molecule has 92 valence electrons. The topological polar surface area (TPSA) is 46.5 Å². The fourth-order valence-corrected chi connectivity index (χ4v) is 1.47. The minimum absolute atomic E-state index is 0.231. The van der Waals surface area contributed by atoms with E-state index in [-0.39, 0.29) is 6.61 Å². The van der Waals surface area contributed by atoms with Crippen LogP contribution < -0.4 is 0 Å². The Morgan fingerprint density at radius 1 is 1.00 bits per heavy atom. The summed E-state index contributed by atoms with van der Waals surface area (Å²) >= 11 is 0. The molecule has 0 spiro atoms. The van der Waals surface area contributed by atoms with Gasteiger partial charge < -0.3 is 14.3 Å². The Labute approximate surface area is 93.4 Å². The van der Waals surface area contributed by atoms with Crippen molar-refractivity contribution in [1.82, 2.24) is 0 Å². The number of rotatable bonds is 5. The normalized spacial score (nSPS) is 10.2. The third-order valence-corrected chi connectivity index (χ3v) is 2.95. The first-order valence-electron chi connectivity index (χ1n) is 5.72. The summed E-state index contributed by atoms with van der Waals surface area (Å²) < 4.78 is 5.24. The van der Waals surface area contributed by atoms with Crippen molar-refractivity contribution in [2.24, 2.45) is 0 Å². The number of hydrogen-bond donors (Lipinski definition) is 1. The van der Waals surface area contributed by atoms with Crippen LogP contribution in [0.15, 0.2) is 0 Å². The third-order valence-electron chi connectivity index (χ3n) is 2.95. The number of carbonyl (C=O) groups is 1. The molecule has 0 aromatic rings. The van der Waals surface area contributed by atoms with Crippen LogP contribution in [-0.4, -0.2) is 48.5 Å². The zero-order valence-electron chi connectivity index (χ0n) is 10.7. The summed E-state index contributed by atoms with van der Waals surface area (Å²) in [5.41, 5.74) is 0. The van der Waals surface area contributed by atoms with E-state index >= 15 is 0 Å². The number of nitrogens with zero attached hydrogens (tertiary/aromatic N) is 1. The van der Waals surface area contributed by atoms with Crippen molar-refractivity contribution in [1.29, 1.82) is 0 Å². The quantitative estimate of drug-likeness (QED) is 0.572. The Bertz CT molecular complexity index is 138. The third kappa shape index (κ3) is 8.24. The summed E-state index contributed by atoms with van der Waals surface area (Å²) in [5.74, 6) is 0. The maximum absolute atomic E-state index is 9.38. The van der Waals surface area contributed by atoms with Gasteiger partial charge in [-0.1, -0.05) is 0 Å². The summed E-state index contributed by atoms with van der Waals surface area (Å²) in [6.45, 7) is 16.1. The Kier molecular flexibility index (Phi) is 10.8. The van der Waals surface area contributed by atoms with Gasteiger partial charge in [-0.25, -0.2) is 4.79 Å². The van der Waals surface area contributed by atoms with Crippen LogP contribution in [0.2, 0.25) is 0 Å². The molecule has 0 aliphatic rings. The smallest absolute Gasteiger partial charge is 0.450 e. The van der Waals surface area contributed by atoms with Crippen LogP contribution in [0.4, 0.5) is 4.79 Å². The number of quaternary nitrogens is 1. The van der Waals surface area contributed by atoms with Crippen molar-refractivity contribution >= 4 is 6.16 Å². The monoisotopic (exact) mass is 220 g/mol. The predicted octanol–water partition coefficient (Wildman–Crippen LogP) is 2.58. The largest absolute Gasteiger partial charge is 0.505 e. The number of hydrogen-bond acceptors (Lipinski definition) is 2. The molecular formula is C11H26NO3+. The Balaban J connectivity index is 0. The maximum Gasteiger partial charge on any atom is 0.505 e. The van der Waals surface area contributed by atoms with E-state index in [0.29, 0.717) is 0 Å². The molecule has 0 aliphatic carbocycles. The van der Waals surface area contributed by atoms with E-state index in [1.165, 1.54) is 30.7 Å². The van der Waals surface area contributed by atoms with E-state index in [4.69, 9.17) is 5.11 Å². The van der Waals surface area contributed by atoms with Gasteiger partial charge in [0, 0.05) is 0 Å². The van der Waals surface area contributed by atoms with Gasteiger partial charge in [-0.15, -0.1) is 0 Å². The highest BCUT2D eigenvalue weighted by atomic mass is 16.7. The highest BCUT2D eigenvalue weighted by Crippen LogP contribution is 2.03. The maximum atomic E-state index is 9.38. The molecular weight excluding hydrogens is 194 g/mol. The Hall–Kier alpha value is -0.770. The summed E-state index contributed by atoms with van der Waals surface area (Å²) in [7, 11) is 0. The average Bonchev–Trinajstić information content (AvgIpc) is 2.23. The Morgan fingerprint density at radius 2 is 1.33 bits per heavy atom. The number of carboxylic acid groups (broad SMARTS) is 1. The van der Waals surface area contributed by atoms with Gasteiger partial charge in [-0.3, -0.25) is 0 Å². The second kappa shape index (κ2) is 9.77. The molecule has 0 saturated carbocycles. The fraction of sp³-hybridized carbons (Fsp3) is 0.909. The molecule has 0 bridgehead atoms. The van der Waals surface area contributed by atoms with Gasteiger partial charge in [0.15, 0.2) is 0 Å². The van der Waals surface area contributed by atoms with Crippen molar-refractivity contribution in [2.45, 2.75) is 34.6 Å². The van der Waals surface area contributed by atoms with Gasteiger partial charge in [0.2, 0.25) is 0 Å². The van der Waals surface area contributed by atoms with E-state index in [1.54, 1.807) is 6.92 Å². The molecule has 0 saturated heterocycles. The molecule has 15 heavy (non-hydrogen) atoms. The van der Waals surface area contributed by atoms with Crippen LogP contribution in [-0.2, 0) is 4.74 Å². The first-order chi connectivity index (χ1) is 7.01. The molecule has 0 aromatic heterocycles. The molecule has 4 nitrogen and oxygen atoms in total. The average molecular weight is 220 g/mol. The second-order valence-corrected chi connectivity index (χ2v) is 3.31. The van der Waals surface area contributed by atoms with Gasteiger partial charge in [0.05, 0.1) is 32.8 Å². The zero-order valence-corrected chi connectivity index (χ0v) is 10.7. The van der Waals surface area contributed by atoms with Gasteiger partial charge in [-0.2, -0.15) is 0 Å². The molecule has 0 fully saturated rings. The van der Waals surface area contributed by atoms with Gasteiger partial charge in [0.1, 0.15) is 0 Å². The molecule has 0 rings (SSSR count). The lowest BCUT2D eigenvalue weighted by Crippen LogP contribution is -2.47. The summed E-state index contributed by atoms with van der Waals surface area (Å²) in [5, 5.41) is 7.69. The first kappa shape index (κ1) is 16.7. The van der Waals surface area contributed by atoms with Crippen LogP contribution in [0.25, 0.3) is 0 Å². The van der Waals surface area contributed by atoms with E-state index in [9.17, 15) is 4.79 Å². The van der Waals surface area contributed by atoms with E-state index in [1.807, 2.05) is 0 Å². The first-order valence-corrected chi connectivity index (χ1v) is 5.72. The minimum Gasteiger partial charge on any atom is -0.450 e. The molecule has 0 unspecified atom stereocenters. The van der Waals surface area contributed by atoms with E-state index in [2.05, 4.69) is 32.4 Å². The standard InChI is InChI=1S/C8H20N.C3H6O3/c1-5-9(6-2,7-3)8-4;1-2-6-3(4)5/h5-8H2,1-4H3;2H2,1H3,(H,4,5)/q+1;. The lowest BCUT2D eigenvalue weighted by Gasteiger charge is -2.34. The van der Waals surface area contributed by atoms with Gasteiger partial charge in [-0.05, 0) is 34.6 Å². The van der Waals surface area contributed by atoms with Crippen LogP contribution in [0, 0.1) is 0 Å². The Morgan fingerprint density at radius 3 is 1.33 bits per heavy atom. The van der Waals surface area contributed by atoms with E-state index < -0.39 is 6.16 Å². The van der Waals surface area contributed by atoms with Crippen molar-refractivity contribution in [3.05, 3.63) is 0 Å². The fourth-order valence-electron chi connectivity index (χ4n) is 1.47. The highest BCUT2D eigenvalue weighted by molar-refractivity contribution is 5.56. The van der Waals surface area contributed by atoms with Crippen LogP contribution in [0.3, 0.4) is 0 Å². The highest BCUT2D eigenvalue weighted by Gasteiger charge is 2.16. The molecule has 1 N–H and O–H groups in total. The molecule has 0 radical (unpaired) electrons. The lowest BCUT2D eigenvalue weighted by molar-refractivity contribution is -0.921. The van der Waals surface area contributed by atoms with Gasteiger partial charge in [0.25, 0.3) is 0 Å². The predicted molar refractivity (Wildman–Crippen MR) is 62.1 cm³/mol. The molecule has 0 heterocycles. The van der Waals surface area contributed by atoms with Crippen molar-refractivity contribution in [3.63, 3.8) is 0 Å². The van der Waals surface area contributed by atoms with Crippen molar-refractivity contribution < 1.29 is 19.1 Å². The molecule has 0 amide bonds. The molecule has 0 aromatic carbocycles. The molecule has 4 heteroatoms. The van der Waals surface area contributed by atoms with Gasteiger partial charge >= 0.3 is 6.16 Å². The zero-order chi connectivity index (χ0) is 12.3. The van der Waals surface area contributed by atoms with E-state index in [0.717, 1.165) is 0 Å². The van der Waals surface area contributed by atoms with Crippen molar-refractivity contribution in [3.8, 4) is 0 Å². The second-order valence-electron chi connectivity index (χ2n) is 3.31. The van der Waals surface area contributed by atoms with Crippen molar-refractivity contribution in [2.75, 3.05) is 32.8 Å². The molecule has 0 atom stereocenters. The summed E-state index contributed by atoms with van der Waals surface area (Å²) in [4.78, 5) is 9.38. The number of ether oxygens (including phenoxy) is 1. The summed E-state index contributed by atoms with van der Waals surface area (Å²) in [6, 6.07) is 0. The summed E-state index contributed by atoms with van der Waals surface area (Å²) in [6.07, 6.45) is -1.21. The lowest BCUT2D eigenvalue weighted by atomic mass is 10.3.